The summed E-state index contributed by atoms with van der Waals surface area (Å²) in [5, 5.41) is 3.12. The minimum absolute atomic E-state index is 0.0861. The molecule has 2 aromatic carbocycles. The van der Waals surface area contributed by atoms with E-state index in [1.807, 2.05) is 38.1 Å². The van der Waals surface area contributed by atoms with Gasteiger partial charge >= 0.3 is 0 Å². The van der Waals surface area contributed by atoms with Crippen LogP contribution in [0.5, 0.6) is 0 Å². The molecule has 1 saturated carbocycles. The summed E-state index contributed by atoms with van der Waals surface area (Å²) in [6.07, 6.45) is 6.50. The summed E-state index contributed by atoms with van der Waals surface area (Å²) in [5.74, 6) is -1.24. The van der Waals surface area contributed by atoms with E-state index >= 15 is 0 Å². The first-order chi connectivity index (χ1) is 17.1. The lowest BCUT2D eigenvalue weighted by Crippen LogP contribution is -2.53. The number of nitrogens with zero attached hydrogens (tertiary/aromatic N) is 2. The van der Waals surface area contributed by atoms with Crippen molar-refractivity contribution in [3.8, 4) is 0 Å². The van der Waals surface area contributed by atoms with Crippen molar-refractivity contribution in [3.63, 3.8) is 0 Å². The number of aryl methyl sites for hydroxylation is 1. The van der Waals surface area contributed by atoms with E-state index in [1.54, 1.807) is 0 Å². The molecule has 2 aromatic rings. The van der Waals surface area contributed by atoms with Gasteiger partial charge in [0.15, 0.2) is 0 Å². The van der Waals surface area contributed by atoms with E-state index in [-0.39, 0.29) is 24.2 Å². The number of anilines is 1. The van der Waals surface area contributed by atoms with Crippen molar-refractivity contribution < 1.29 is 22.4 Å². The molecule has 0 heterocycles. The predicted molar refractivity (Wildman–Crippen MR) is 139 cm³/mol. The van der Waals surface area contributed by atoms with Crippen molar-refractivity contribution in [1.29, 1.82) is 0 Å². The zero-order valence-corrected chi connectivity index (χ0v) is 22.1. The third kappa shape index (κ3) is 7.53. The van der Waals surface area contributed by atoms with Gasteiger partial charge in [0.05, 0.1) is 11.9 Å². The van der Waals surface area contributed by atoms with E-state index in [0.717, 1.165) is 65.9 Å². The highest BCUT2D eigenvalue weighted by Gasteiger charge is 2.32. The highest BCUT2D eigenvalue weighted by atomic mass is 32.2. The molecule has 1 aliphatic rings. The molecule has 1 fully saturated rings. The number of sulfonamides is 1. The lowest BCUT2D eigenvalue weighted by molar-refractivity contribution is -0.140. The Bertz CT molecular complexity index is 1150. The molecule has 0 aliphatic heterocycles. The van der Waals surface area contributed by atoms with E-state index in [9.17, 15) is 22.4 Å². The maximum Gasteiger partial charge on any atom is 0.244 e. The normalized spacial score (nSPS) is 15.2. The summed E-state index contributed by atoms with van der Waals surface area (Å²) in [6, 6.07) is 11.9. The lowest BCUT2D eigenvalue weighted by Gasteiger charge is -2.34. The number of carbonyl (C=O) groups is 2. The Labute approximate surface area is 213 Å². The molecule has 1 aliphatic carbocycles. The van der Waals surface area contributed by atoms with Crippen LogP contribution in [0, 0.1) is 12.7 Å². The molecule has 0 spiro atoms. The van der Waals surface area contributed by atoms with Gasteiger partial charge in [-0.3, -0.25) is 13.9 Å². The van der Waals surface area contributed by atoms with Crippen LogP contribution in [0.1, 0.15) is 56.6 Å². The summed E-state index contributed by atoms with van der Waals surface area (Å²) in [6.45, 7) is 3.46. The Morgan fingerprint density at radius 1 is 1.08 bits per heavy atom. The summed E-state index contributed by atoms with van der Waals surface area (Å²) in [7, 11) is -3.85. The van der Waals surface area contributed by atoms with Crippen LogP contribution in [0.25, 0.3) is 0 Å². The van der Waals surface area contributed by atoms with Gasteiger partial charge in [-0.2, -0.15) is 0 Å². The Hall–Kier alpha value is -2.94. The number of nitrogens with one attached hydrogen (secondary N) is 1. The number of benzene rings is 2. The molecule has 0 bridgehead atoms. The van der Waals surface area contributed by atoms with E-state index in [2.05, 4.69) is 5.32 Å². The fraction of sp³-hybridized carbons (Fsp3) is 0.481. The first-order valence-electron chi connectivity index (χ1n) is 12.5. The number of hydrogen-bond donors (Lipinski definition) is 1. The molecule has 0 radical (unpaired) electrons. The van der Waals surface area contributed by atoms with Gasteiger partial charge in [0.25, 0.3) is 0 Å². The van der Waals surface area contributed by atoms with Crippen molar-refractivity contribution in [1.82, 2.24) is 10.2 Å². The van der Waals surface area contributed by atoms with E-state index in [1.165, 1.54) is 17.0 Å². The number of halogens is 1. The molecule has 0 saturated heterocycles. The fourth-order valence-electron chi connectivity index (χ4n) is 4.69. The van der Waals surface area contributed by atoms with Crippen molar-refractivity contribution in [3.05, 3.63) is 65.5 Å². The molecule has 7 nitrogen and oxygen atoms in total. The highest BCUT2D eigenvalue weighted by Crippen LogP contribution is 2.22. The molecule has 9 heteroatoms. The van der Waals surface area contributed by atoms with Crippen LogP contribution in [-0.2, 0) is 26.2 Å². The quantitative estimate of drug-likeness (QED) is 0.513. The average molecular weight is 518 g/mol. The van der Waals surface area contributed by atoms with Gasteiger partial charge in [-0.1, -0.05) is 56.0 Å². The monoisotopic (exact) mass is 517 g/mol. The smallest absolute Gasteiger partial charge is 0.244 e. The van der Waals surface area contributed by atoms with Crippen LogP contribution >= 0.6 is 0 Å². The van der Waals surface area contributed by atoms with Crippen LogP contribution in [-0.4, -0.2) is 50.0 Å². The van der Waals surface area contributed by atoms with Crippen molar-refractivity contribution >= 4 is 27.5 Å². The molecule has 36 heavy (non-hydrogen) atoms. The largest absolute Gasteiger partial charge is 0.352 e. The van der Waals surface area contributed by atoms with E-state index < -0.39 is 34.3 Å². The van der Waals surface area contributed by atoms with Gasteiger partial charge in [-0.05, 0) is 56.0 Å². The van der Waals surface area contributed by atoms with Crippen LogP contribution < -0.4 is 9.62 Å². The van der Waals surface area contributed by atoms with Crippen LogP contribution in [0.3, 0.4) is 0 Å². The maximum atomic E-state index is 13.7. The van der Waals surface area contributed by atoms with Crippen molar-refractivity contribution in [2.24, 2.45) is 0 Å². The van der Waals surface area contributed by atoms with Gasteiger partial charge < -0.3 is 10.2 Å². The Morgan fingerprint density at radius 3 is 2.33 bits per heavy atom. The zero-order valence-electron chi connectivity index (χ0n) is 21.2. The van der Waals surface area contributed by atoms with Gasteiger partial charge in [0.1, 0.15) is 18.4 Å². The molecule has 1 atom stereocenters. The third-order valence-electron chi connectivity index (χ3n) is 6.57. The van der Waals surface area contributed by atoms with Crippen molar-refractivity contribution in [2.75, 3.05) is 17.1 Å². The number of rotatable bonds is 10. The fourth-order valence-corrected chi connectivity index (χ4v) is 5.54. The third-order valence-corrected chi connectivity index (χ3v) is 7.71. The number of hydrogen-bond acceptors (Lipinski definition) is 4. The topological polar surface area (TPSA) is 86.8 Å². The first kappa shape index (κ1) is 27.6. The summed E-state index contributed by atoms with van der Waals surface area (Å²) in [4.78, 5) is 28.5. The van der Waals surface area contributed by atoms with Gasteiger partial charge in [-0.25, -0.2) is 12.8 Å². The Balaban J connectivity index is 1.90. The maximum absolute atomic E-state index is 13.7. The van der Waals surface area contributed by atoms with Crippen LogP contribution in [0.4, 0.5) is 10.1 Å². The molecule has 0 aromatic heterocycles. The SMILES string of the molecule is CC[C@@H](C(=O)NC1CCCCC1)N(Cc1cccc(C)c1)C(=O)CN(c1ccc(F)cc1)S(C)(=O)=O. The van der Waals surface area contributed by atoms with E-state index in [0.29, 0.717) is 6.42 Å². The zero-order chi connectivity index (χ0) is 26.3. The standard InChI is InChI=1S/C27H36FN3O4S/c1-4-25(27(33)29-23-11-6-5-7-12-23)30(18-21-10-8-9-20(2)17-21)26(32)19-31(36(3,34)35)24-15-13-22(28)14-16-24/h8-10,13-17,23,25H,4-7,11-12,18-19H2,1-3H3,(H,29,33)/t25-/m0/s1. The van der Waals surface area contributed by atoms with Crippen LogP contribution in [0.2, 0.25) is 0 Å². The Kier molecular flexibility index (Phi) is 9.48. The van der Waals surface area contributed by atoms with Gasteiger partial charge in [0, 0.05) is 12.6 Å². The van der Waals surface area contributed by atoms with Gasteiger partial charge in [0.2, 0.25) is 21.8 Å². The van der Waals surface area contributed by atoms with Crippen molar-refractivity contribution in [2.45, 2.75) is 71.0 Å². The summed E-state index contributed by atoms with van der Waals surface area (Å²) >= 11 is 0. The summed E-state index contributed by atoms with van der Waals surface area (Å²) < 4.78 is 39.6. The predicted octanol–water partition coefficient (Wildman–Crippen LogP) is 4.16. The van der Waals surface area contributed by atoms with E-state index in [4.69, 9.17) is 0 Å². The molecular weight excluding hydrogens is 481 g/mol. The molecular formula is C27H36FN3O4S. The van der Waals surface area contributed by atoms with Crippen LogP contribution in [0.15, 0.2) is 48.5 Å². The average Bonchev–Trinajstić information content (AvgIpc) is 2.83. The summed E-state index contributed by atoms with van der Waals surface area (Å²) in [5.41, 5.74) is 2.05. The lowest BCUT2D eigenvalue weighted by atomic mass is 9.95. The second-order valence-corrected chi connectivity index (χ2v) is 11.4. The number of carbonyl (C=O) groups excluding carboxylic acids is 2. The van der Waals surface area contributed by atoms with Gasteiger partial charge in [-0.15, -0.1) is 0 Å². The minimum Gasteiger partial charge on any atom is -0.352 e. The minimum atomic E-state index is -3.85. The molecule has 0 unspecified atom stereocenters. The molecule has 1 N–H and O–H groups in total. The molecule has 3 rings (SSSR count). The number of amides is 2. The second kappa shape index (κ2) is 12.3. The second-order valence-electron chi connectivity index (χ2n) is 9.52. The highest BCUT2D eigenvalue weighted by molar-refractivity contribution is 7.92. The molecule has 2 amide bonds. The Morgan fingerprint density at radius 2 is 1.75 bits per heavy atom. The first-order valence-corrected chi connectivity index (χ1v) is 14.3. The molecule has 196 valence electrons.